The lowest BCUT2D eigenvalue weighted by molar-refractivity contribution is 0.1000. The normalized spacial score (nSPS) is 16.9. The Kier molecular flexibility index (Phi) is 4.01. The maximum atomic E-state index is 12.2. The molecule has 0 radical (unpaired) electrons. The molecule has 1 saturated carbocycles. The molecule has 0 aliphatic heterocycles. The Balaban J connectivity index is 2.14. The lowest BCUT2D eigenvalue weighted by atomic mass is 10.1. The van der Waals surface area contributed by atoms with E-state index in [1.807, 2.05) is 6.92 Å². The number of nitrogens with one attached hydrogen (secondary N) is 1. The lowest BCUT2D eigenvalue weighted by Gasteiger charge is -2.13. The Bertz CT molecular complexity index is 624. The van der Waals surface area contributed by atoms with Gasteiger partial charge in [0.05, 0.1) is 5.69 Å². The maximum Gasteiger partial charge on any atom is 0.248 e. The summed E-state index contributed by atoms with van der Waals surface area (Å²) in [5.41, 5.74) is 11.0. The van der Waals surface area contributed by atoms with Gasteiger partial charge >= 0.3 is 0 Å². The molecule has 1 atom stereocenters. The van der Waals surface area contributed by atoms with Crippen molar-refractivity contribution < 1.29 is 13.2 Å². The van der Waals surface area contributed by atoms with Crippen molar-refractivity contribution in [2.45, 2.75) is 24.7 Å². The second kappa shape index (κ2) is 5.41. The monoisotopic (exact) mass is 297 g/mol. The SMILES string of the molecule is CC(CNS(=O)(=O)c1ccc(C(N)=O)cc1N)C1CC1. The Morgan fingerprint density at radius 3 is 2.60 bits per heavy atom. The third-order valence-corrected chi connectivity index (χ3v) is 5.10. The van der Waals surface area contributed by atoms with E-state index in [1.54, 1.807) is 0 Å². The fourth-order valence-electron chi connectivity index (χ4n) is 2.10. The van der Waals surface area contributed by atoms with Crippen molar-refractivity contribution >= 4 is 21.6 Å². The fraction of sp³-hybridized carbons (Fsp3) is 0.462. The molecule has 5 N–H and O–H groups in total. The van der Waals surface area contributed by atoms with Gasteiger partial charge < -0.3 is 11.5 Å². The number of rotatable bonds is 6. The molecule has 1 aromatic carbocycles. The van der Waals surface area contributed by atoms with Gasteiger partial charge in [-0.1, -0.05) is 6.92 Å². The smallest absolute Gasteiger partial charge is 0.248 e. The number of nitrogen functional groups attached to an aromatic ring is 1. The maximum absolute atomic E-state index is 12.2. The van der Waals surface area contributed by atoms with Crippen molar-refractivity contribution in [1.29, 1.82) is 0 Å². The summed E-state index contributed by atoms with van der Waals surface area (Å²) >= 11 is 0. The van der Waals surface area contributed by atoms with E-state index in [4.69, 9.17) is 11.5 Å². The molecule has 110 valence electrons. The molecule has 0 bridgehead atoms. The minimum absolute atomic E-state index is 0.0212. The van der Waals surface area contributed by atoms with Crippen LogP contribution in [0, 0.1) is 11.8 Å². The standard InChI is InChI=1S/C13H19N3O3S/c1-8(9-2-3-9)7-16-20(18,19)12-5-4-10(13(15)17)6-11(12)14/h4-6,8-9,16H,2-3,7,14H2,1H3,(H2,15,17). The van der Waals surface area contributed by atoms with Gasteiger partial charge in [-0.05, 0) is 42.9 Å². The topological polar surface area (TPSA) is 115 Å². The summed E-state index contributed by atoms with van der Waals surface area (Å²) in [5.74, 6) is 0.291. The van der Waals surface area contributed by atoms with E-state index in [1.165, 1.54) is 31.0 Å². The van der Waals surface area contributed by atoms with E-state index < -0.39 is 15.9 Å². The van der Waals surface area contributed by atoms with Gasteiger partial charge in [0.2, 0.25) is 15.9 Å². The molecule has 1 unspecified atom stereocenters. The molecular weight excluding hydrogens is 278 g/mol. The van der Waals surface area contributed by atoms with Crippen LogP contribution in [0.25, 0.3) is 0 Å². The van der Waals surface area contributed by atoms with Gasteiger partial charge in [0.25, 0.3) is 0 Å². The summed E-state index contributed by atoms with van der Waals surface area (Å²) < 4.78 is 26.9. The van der Waals surface area contributed by atoms with Crippen molar-refractivity contribution in [3.63, 3.8) is 0 Å². The van der Waals surface area contributed by atoms with Crippen molar-refractivity contribution in [3.8, 4) is 0 Å². The largest absolute Gasteiger partial charge is 0.398 e. The summed E-state index contributed by atoms with van der Waals surface area (Å²) in [6, 6.07) is 3.94. The van der Waals surface area contributed by atoms with Crippen LogP contribution >= 0.6 is 0 Å². The number of nitrogens with two attached hydrogens (primary N) is 2. The second-order valence-electron chi connectivity index (χ2n) is 5.28. The van der Waals surface area contributed by atoms with Crippen LogP contribution in [0.5, 0.6) is 0 Å². The van der Waals surface area contributed by atoms with Crippen LogP contribution in [-0.4, -0.2) is 20.9 Å². The number of anilines is 1. The van der Waals surface area contributed by atoms with E-state index in [0.717, 1.165) is 0 Å². The molecule has 7 heteroatoms. The fourth-order valence-corrected chi connectivity index (χ4v) is 3.35. The summed E-state index contributed by atoms with van der Waals surface area (Å²) in [7, 11) is -3.66. The number of carbonyl (C=O) groups is 1. The summed E-state index contributed by atoms with van der Waals surface area (Å²) in [5, 5.41) is 0. The summed E-state index contributed by atoms with van der Waals surface area (Å²) in [6.45, 7) is 2.42. The highest BCUT2D eigenvalue weighted by atomic mass is 32.2. The number of sulfonamides is 1. The first-order valence-electron chi connectivity index (χ1n) is 6.50. The van der Waals surface area contributed by atoms with E-state index >= 15 is 0 Å². The minimum Gasteiger partial charge on any atom is -0.398 e. The van der Waals surface area contributed by atoms with E-state index in [-0.39, 0.29) is 16.1 Å². The molecule has 1 aliphatic rings. The van der Waals surface area contributed by atoms with Crippen molar-refractivity contribution in [3.05, 3.63) is 23.8 Å². The molecule has 1 fully saturated rings. The zero-order chi connectivity index (χ0) is 14.9. The molecule has 1 aliphatic carbocycles. The molecule has 20 heavy (non-hydrogen) atoms. The van der Waals surface area contributed by atoms with Gasteiger partial charge in [-0.15, -0.1) is 0 Å². The quantitative estimate of drug-likeness (QED) is 0.670. The van der Waals surface area contributed by atoms with Crippen LogP contribution in [0.2, 0.25) is 0 Å². The van der Waals surface area contributed by atoms with Gasteiger partial charge in [-0.2, -0.15) is 0 Å². The predicted octanol–water partition coefficient (Wildman–Crippen LogP) is 0.692. The van der Waals surface area contributed by atoms with Crippen LogP contribution < -0.4 is 16.2 Å². The second-order valence-corrected chi connectivity index (χ2v) is 7.02. The number of benzene rings is 1. The zero-order valence-electron chi connectivity index (χ0n) is 11.3. The molecule has 1 amide bonds. The van der Waals surface area contributed by atoms with Gasteiger partial charge in [-0.3, -0.25) is 4.79 Å². The number of hydrogen-bond acceptors (Lipinski definition) is 4. The summed E-state index contributed by atoms with van der Waals surface area (Å²) in [4.78, 5) is 11.0. The van der Waals surface area contributed by atoms with Crippen molar-refractivity contribution in [2.75, 3.05) is 12.3 Å². The number of carbonyl (C=O) groups excluding carboxylic acids is 1. The Hall–Kier alpha value is -1.60. The first kappa shape index (κ1) is 14.8. The Morgan fingerprint density at radius 2 is 2.10 bits per heavy atom. The minimum atomic E-state index is -3.66. The first-order valence-corrected chi connectivity index (χ1v) is 7.98. The van der Waals surface area contributed by atoms with Crippen molar-refractivity contribution in [2.24, 2.45) is 17.6 Å². The van der Waals surface area contributed by atoms with Crippen molar-refractivity contribution in [1.82, 2.24) is 4.72 Å². The van der Waals surface area contributed by atoms with Gasteiger partial charge in [-0.25, -0.2) is 13.1 Å². The molecule has 2 rings (SSSR count). The molecule has 0 saturated heterocycles. The molecule has 6 nitrogen and oxygen atoms in total. The molecule has 0 aromatic heterocycles. The van der Waals surface area contributed by atoms with Gasteiger partial charge in [0.1, 0.15) is 4.90 Å². The number of amides is 1. The van der Waals surface area contributed by atoms with Crippen LogP contribution in [0.15, 0.2) is 23.1 Å². The highest BCUT2D eigenvalue weighted by Gasteiger charge is 2.29. The molecule has 0 spiro atoms. The van der Waals surface area contributed by atoms with Crippen LogP contribution in [0.1, 0.15) is 30.1 Å². The Labute approximate surface area is 118 Å². The number of primary amides is 1. The molecule has 1 aromatic rings. The highest BCUT2D eigenvalue weighted by Crippen LogP contribution is 2.36. The zero-order valence-corrected chi connectivity index (χ0v) is 12.1. The van der Waals surface area contributed by atoms with E-state index in [0.29, 0.717) is 18.4 Å². The van der Waals surface area contributed by atoms with E-state index in [9.17, 15) is 13.2 Å². The molecular formula is C13H19N3O3S. The molecule has 0 heterocycles. The van der Waals surface area contributed by atoms with Crippen LogP contribution in [-0.2, 0) is 10.0 Å². The third-order valence-electron chi connectivity index (χ3n) is 3.61. The first-order chi connectivity index (χ1) is 9.31. The van der Waals surface area contributed by atoms with Gasteiger partial charge in [0, 0.05) is 12.1 Å². The van der Waals surface area contributed by atoms with Crippen LogP contribution in [0.3, 0.4) is 0 Å². The highest BCUT2D eigenvalue weighted by molar-refractivity contribution is 7.89. The average molecular weight is 297 g/mol. The lowest BCUT2D eigenvalue weighted by Crippen LogP contribution is -2.29. The summed E-state index contributed by atoms with van der Waals surface area (Å²) in [6.07, 6.45) is 2.33. The third kappa shape index (κ3) is 3.29. The average Bonchev–Trinajstić information content (AvgIpc) is 3.19. The Morgan fingerprint density at radius 1 is 1.45 bits per heavy atom. The van der Waals surface area contributed by atoms with Gasteiger partial charge in [0.15, 0.2) is 0 Å². The predicted molar refractivity (Wildman–Crippen MR) is 76.4 cm³/mol. The van der Waals surface area contributed by atoms with E-state index in [2.05, 4.69) is 4.72 Å². The number of hydrogen-bond donors (Lipinski definition) is 3. The van der Waals surface area contributed by atoms with Crippen LogP contribution in [0.4, 0.5) is 5.69 Å².